The van der Waals surface area contributed by atoms with Crippen LogP contribution in [0.15, 0.2) is 35.1 Å². The van der Waals surface area contributed by atoms with E-state index in [4.69, 9.17) is 9.47 Å². The molecule has 1 aliphatic heterocycles. The lowest BCUT2D eigenvalue weighted by molar-refractivity contribution is 0.233. The predicted octanol–water partition coefficient (Wildman–Crippen LogP) is 3.70. The zero-order valence-corrected chi connectivity index (χ0v) is 18.4. The smallest absolute Gasteiger partial charge is 0.162 e. The number of fused-ring (bicyclic) bond motifs is 1. The summed E-state index contributed by atoms with van der Waals surface area (Å²) >= 11 is 3.32. The van der Waals surface area contributed by atoms with E-state index >= 15 is 0 Å². The average molecular weight is 476 g/mol. The first-order valence-electron chi connectivity index (χ1n) is 9.64. The second-order valence-electron chi connectivity index (χ2n) is 7.02. The maximum Gasteiger partial charge on any atom is 0.162 e. The molecular formula is C21H23BrFN5O2. The summed E-state index contributed by atoms with van der Waals surface area (Å²) in [5.41, 5.74) is 2.35. The number of nitrogens with zero attached hydrogens (tertiary/aromatic N) is 3. The number of benzene rings is 2. The summed E-state index contributed by atoms with van der Waals surface area (Å²) < 4.78 is 25.6. The molecule has 0 radical (unpaired) electrons. The first-order chi connectivity index (χ1) is 14.6. The fraction of sp³-hybridized carbons (Fsp3) is 0.333. The summed E-state index contributed by atoms with van der Waals surface area (Å²) in [5, 5.41) is 7.42. The molecule has 2 N–H and O–H groups in total. The summed E-state index contributed by atoms with van der Waals surface area (Å²) in [6.07, 6.45) is 1.47. The van der Waals surface area contributed by atoms with E-state index in [1.807, 2.05) is 12.1 Å². The van der Waals surface area contributed by atoms with E-state index in [-0.39, 0.29) is 5.82 Å². The monoisotopic (exact) mass is 475 g/mol. The lowest BCUT2D eigenvalue weighted by atomic mass is 10.1. The van der Waals surface area contributed by atoms with Crippen LogP contribution in [0.3, 0.4) is 0 Å². The second-order valence-corrected chi connectivity index (χ2v) is 7.88. The highest BCUT2D eigenvalue weighted by atomic mass is 79.9. The van der Waals surface area contributed by atoms with Gasteiger partial charge < -0.3 is 20.1 Å². The standard InChI is InChI=1S/C21H23BrFN5O2/c1-29-19-8-14-18(10-20(19)30-2)25-12-26-21(14)27-17-9-16(23)15(22)7-13(17)11-28-5-3-24-4-6-28/h7-10,12,24H,3-6,11H2,1-2H3,(H,25,26,27). The van der Waals surface area contributed by atoms with Gasteiger partial charge in [0.1, 0.15) is 18.0 Å². The Kier molecular flexibility index (Phi) is 6.31. The quantitative estimate of drug-likeness (QED) is 0.562. The number of hydrogen-bond donors (Lipinski definition) is 2. The minimum atomic E-state index is -0.334. The van der Waals surface area contributed by atoms with E-state index in [0.717, 1.165) is 37.1 Å². The van der Waals surface area contributed by atoms with Crippen molar-refractivity contribution in [2.45, 2.75) is 6.54 Å². The van der Waals surface area contributed by atoms with Crippen molar-refractivity contribution in [1.82, 2.24) is 20.2 Å². The van der Waals surface area contributed by atoms with Crippen LogP contribution in [0.4, 0.5) is 15.9 Å². The molecule has 1 fully saturated rings. The number of hydrogen-bond acceptors (Lipinski definition) is 7. The van der Waals surface area contributed by atoms with Crippen LogP contribution < -0.4 is 20.1 Å². The van der Waals surface area contributed by atoms with Crippen LogP contribution in [0.25, 0.3) is 10.9 Å². The number of nitrogens with one attached hydrogen (secondary N) is 2. The van der Waals surface area contributed by atoms with Crippen molar-refractivity contribution in [3.63, 3.8) is 0 Å². The van der Waals surface area contributed by atoms with Gasteiger partial charge >= 0.3 is 0 Å². The van der Waals surface area contributed by atoms with Crippen LogP contribution in [-0.4, -0.2) is 55.3 Å². The van der Waals surface area contributed by atoms with Gasteiger partial charge in [-0.1, -0.05) is 0 Å². The van der Waals surface area contributed by atoms with Crippen LogP contribution >= 0.6 is 15.9 Å². The summed E-state index contributed by atoms with van der Waals surface area (Å²) in [4.78, 5) is 11.1. The number of piperazine rings is 1. The number of ether oxygens (including phenoxy) is 2. The van der Waals surface area contributed by atoms with E-state index in [1.54, 1.807) is 20.3 Å². The molecule has 2 heterocycles. The minimum absolute atomic E-state index is 0.334. The zero-order valence-electron chi connectivity index (χ0n) is 16.8. The topological polar surface area (TPSA) is 71.5 Å². The second kappa shape index (κ2) is 9.11. The van der Waals surface area contributed by atoms with E-state index < -0.39 is 0 Å². The van der Waals surface area contributed by atoms with Gasteiger partial charge in [-0.2, -0.15) is 0 Å². The highest BCUT2D eigenvalue weighted by molar-refractivity contribution is 9.10. The van der Waals surface area contributed by atoms with Crippen molar-refractivity contribution in [3.8, 4) is 11.5 Å². The van der Waals surface area contributed by atoms with Gasteiger partial charge in [0.15, 0.2) is 11.5 Å². The van der Waals surface area contributed by atoms with Crippen molar-refractivity contribution >= 4 is 38.3 Å². The highest BCUT2D eigenvalue weighted by Crippen LogP contribution is 2.35. The molecule has 0 bridgehead atoms. The van der Waals surface area contributed by atoms with E-state index in [0.29, 0.717) is 39.5 Å². The molecule has 0 spiro atoms. The molecule has 158 valence electrons. The molecule has 4 rings (SSSR count). The van der Waals surface area contributed by atoms with E-state index in [9.17, 15) is 4.39 Å². The lowest BCUT2D eigenvalue weighted by Crippen LogP contribution is -2.42. The Labute approximate surface area is 182 Å². The molecule has 1 aromatic heterocycles. The molecule has 30 heavy (non-hydrogen) atoms. The molecule has 7 nitrogen and oxygen atoms in total. The first kappa shape index (κ1) is 20.8. The number of rotatable bonds is 6. The fourth-order valence-electron chi connectivity index (χ4n) is 3.56. The van der Waals surface area contributed by atoms with Crippen LogP contribution in [0.5, 0.6) is 11.5 Å². The Morgan fingerprint density at radius 3 is 2.57 bits per heavy atom. The normalized spacial score (nSPS) is 14.7. The predicted molar refractivity (Wildman–Crippen MR) is 118 cm³/mol. The minimum Gasteiger partial charge on any atom is -0.493 e. The molecule has 0 amide bonds. The Balaban J connectivity index is 1.73. The summed E-state index contributed by atoms with van der Waals surface area (Å²) in [6.45, 7) is 4.50. The van der Waals surface area contributed by atoms with Gasteiger partial charge in [-0.3, -0.25) is 4.90 Å². The Bertz CT molecular complexity index is 1060. The van der Waals surface area contributed by atoms with Gasteiger partial charge in [0.05, 0.1) is 24.2 Å². The van der Waals surface area contributed by atoms with Gasteiger partial charge in [-0.25, -0.2) is 14.4 Å². The third-order valence-electron chi connectivity index (χ3n) is 5.14. The molecule has 0 aliphatic carbocycles. The number of aromatic nitrogens is 2. The van der Waals surface area contributed by atoms with Crippen LogP contribution in [0, 0.1) is 5.82 Å². The van der Waals surface area contributed by atoms with Crippen LogP contribution in [-0.2, 0) is 6.54 Å². The van der Waals surface area contributed by atoms with Crippen molar-refractivity contribution in [2.24, 2.45) is 0 Å². The number of halogens is 2. The molecule has 3 aromatic rings. The summed E-state index contributed by atoms with van der Waals surface area (Å²) in [5.74, 6) is 1.40. The van der Waals surface area contributed by atoms with Crippen molar-refractivity contribution in [3.05, 3.63) is 46.4 Å². The lowest BCUT2D eigenvalue weighted by Gasteiger charge is -2.28. The van der Waals surface area contributed by atoms with Gasteiger partial charge in [0.25, 0.3) is 0 Å². The summed E-state index contributed by atoms with van der Waals surface area (Å²) in [7, 11) is 3.16. The highest BCUT2D eigenvalue weighted by Gasteiger charge is 2.17. The van der Waals surface area contributed by atoms with Gasteiger partial charge in [-0.15, -0.1) is 0 Å². The largest absolute Gasteiger partial charge is 0.493 e. The van der Waals surface area contributed by atoms with E-state index in [2.05, 4.69) is 41.4 Å². The first-order valence-corrected chi connectivity index (χ1v) is 10.4. The van der Waals surface area contributed by atoms with Gasteiger partial charge in [0, 0.05) is 49.9 Å². The molecular weight excluding hydrogens is 453 g/mol. The number of methoxy groups -OCH3 is 2. The van der Waals surface area contributed by atoms with Gasteiger partial charge in [-0.05, 0) is 39.7 Å². The van der Waals surface area contributed by atoms with Crippen molar-refractivity contribution < 1.29 is 13.9 Å². The molecule has 1 aliphatic rings. The maximum atomic E-state index is 14.4. The molecule has 0 saturated carbocycles. The van der Waals surface area contributed by atoms with Crippen LogP contribution in [0.2, 0.25) is 0 Å². The number of anilines is 2. The Morgan fingerprint density at radius 2 is 1.83 bits per heavy atom. The average Bonchev–Trinajstić information content (AvgIpc) is 2.77. The molecule has 0 unspecified atom stereocenters. The Morgan fingerprint density at radius 1 is 1.10 bits per heavy atom. The maximum absolute atomic E-state index is 14.4. The molecule has 0 atom stereocenters. The van der Waals surface area contributed by atoms with Crippen molar-refractivity contribution in [1.29, 1.82) is 0 Å². The molecule has 1 saturated heterocycles. The van der Waals surface area contributed by atoms with Crippen LogP contribution in [0.1, 0.15) is 5.56 Å². The molecule has 9 heteroatoms. The molecule has 2 aromatic carbocycles. The Hall–Kier alpha value is -2.49. The SMILES string of the molecule is COc1cc2ncnc(Nc3cc(F)c(Br)cc3CN3CCNCC3)c2cc1OC. The third-order valence-corrected chi connectivity index (χ3v) is 5.75. The zero-order chi connectivity index (χ0) is 21.1. The summed E-state index contributed by atoms with van der Waals surface area (Å²) in [6, 6.07) is 6.94. The third kappa shape index (κ3) is 4.33. The van der Waals surface area contributed by atoms with E-state index in [1.165, 1.54) is 12.4 Å². The van der Waals surface area contributed by atoms with Crippen molar-refractivity contribution in [2.75, 3.05) is 45.7 Å². The fourth-order valence-corrected chi connectivity index (χ4v) is 3.95. The van der Waals surface area contributed by atoms with Gasteiger partial charge in [0.2, 0.25) is 0 Å².